The van der Waals surface area contributed by atoms with Gasteiger partial charge in [-0.05, 0) is 12.8 Å². The standard InChI is InChI=1S/C16H28F6O3/c1-3-5-11-23-13(7-9-15(17,18)19)25-14(24-12-6-4-2)8-10-16(20,21)22/h13-14H,3-12H2,1-2H3. The summed E-state index contributed by atoms with van der Waals surface area (Å²) in [5.74, 6) is 0. The number of alkyl halides is 6. The Hall–Kier alpha value is -0.540. The lowest BCUT2D eigenvalue weighted by Crippen LogP contribution is -2.30. The Morgan fingerprint density at radius 3 is 1.32 bits per heavy atom. The minimum Gasteiger partial charge on any atom is -0.353 e. The summed E-state index contributed by atoms with van der Waals surface area (Å²) in [5.41, 5.74) is 0. The van der Waals surface area contributed by atoms with E-state index in [0.29, 0.717) is 12.8 Å². The Morgan fingerprint density at radius 1 is 0.680 bits per heavy atom. The molecule has 0 spiro atoms. The van der Waals surface area contributed by atoms with Gasteiger partial charge < -0.3 is 14.2 Å². The number of halogens is 6. The lowest BCUT2D eigenvalue weighted by atomic mass is 10.2. The van der Waals surface area contributed by atoms with Gasteiger partial charge in [-0.15, -0.1) is 0 Å². The van der Waals surface area contributed by atoms with Crippen LogP contribution >= 0.6 is 0 Å². The molecular weight excluding hydrogens is 354 g/mol. The number of rotatable bonds is 14. The van der Waals surface area contributed by atoms with Crippen LogP contribution in [-0.4, -0.2) is 38.1 Å². The van der Waals surface area contributed by atoms with Gasteiger partial charge in [0.25, 0.3) is 0 Å². The van der Waals surface area contributed by atoms with E-state index in [1.54, 1.807) is 0 Å². The highest BCUT2D eigenvalue weighted by Gasteiger charge is 2.32. The van der Waals surface area contributed by atoms with Gasteiger partial charge in [-0.25, -0.2) is 0 Å². The van der Waals surface area contributed by atoms with E-state index < -0.39 is 50.6 Å². The smallest absolute Gasteiger partial charge is 0.353 e. The second-order valence-corrected chi connectivity index (χ2v) is 5.75. The van der Waals surface area contributed by atoms with Crippen LogP contribution in [-0.2, 0) is 14.2 Å². The maximum atomic E-state index is 12.4. The molecule has 0 bridgehead atoms. The molecule has 0 rings (SSSR count). The van der Waals surface area contributed by atoms with E-state index in [2.05, 4.69) is 0 Å². The van der Waals surface area contributed by atoms with Crippen molar-refractivity contribution in [3.8, 4) is 0 Å². The van der Waals surface area contributed by atoms with Crippen molar-refractivity contribution in [1.29, 1.82) is 0 Å². The van der Waals surface area contributed by atoms with Crippen LogP contribution in [0.3, 0.4) is 0 Å². The third-order valence-corrected chi connectivity index (χ3v) is 3.23. The van der Waals surface area contributed by atoms with Crippen molar-refractivity contribution >= 4 is 0 Å². The van der Waals surface area contributed by atoms with Gasteiger partial charge >= 0.3 is 12.4 Å². The van der Waals surface area contributed by atoms with Gasteiger partial charge in [-0.1, -0.05) is 26.7 Å². The van der Waals surface area contributed by atoms with Crippen LogP contribution in [0.1, 0.15) is 65.2 Å². The fourth-order valence-electron chi connectivity index (χ4n) is 1.83. The quantitative estimate of drug-likeness (QED) is 0.210. The Balaban J connectivity index is 4.68. The molecule has 0 saturated heterocycles. The lowest BCUT2D eigenvalue weighted by molar-refractivity contribution is -0.263. The first-order chi connectivity index (χ1) is 11.6. The maximum absolute atomic E-state index is 12.4. The van der Waals surface area contributed by atoms with Gasteiger partial charge in [0.05, 0.1) is 0 Å². The first kappa shape index (κ1) is 24.5. The lowest BCUT2D eigenvalue weighted by Gasteiger charge is -2.26. The van der Waals surface area contributed by atoms with Crippen LogP contribution in [0.15, 0.2) is 0 Å². The molecule has 0 radical (unpaired) electrons. The van der Waals surface area contributed by atoms with Crippen molar-refractivity contribution in [2.45, 2.75) is 90.1 Å². The third kappa shape index (κ3) is 16.7. The van der Waals surface area contributed by atoms with Crippen molar-refractivity contribution in [3.63, 3.8) is 0 Å². The summed E-state index contributed by atoms with van der Waals surface area (Å²) in [6.07, 6.45) is -11.7. The van der Waals surface area contributed by atoms with E-state index in [4.69, 9.17) is 14.2 Å². The second kappa shape index (κ2) is 12.8. The van der Waals surface area contributed by atoms with Crippen LogP contribution in [0.4, 0.5) is 26.3 Å². The molecule has 0 fully saturated rings. The third-order valence-electron chi connectivity index (χ3n) is 3.23. The number of unbranched alkanes of at least 4 members (excludes halogenated alkanes) is 2. The Kier molecular flexibility index (Phi) is 12.5. The molecule has 9 heteroatoms. The Labute approximate surface area is 145 Å². The highest BCUT2D eigenvalue weighted by Crippen LogP contribution is 2.27. The molecule has 152 valence electrons. The molecular formula is C16H28F6O3. The topological polar surface area (TPSA) is 27.7 Å². The van der Waals surface area contributed by atoms with Crippen LogP contribution in [0.2, 0.25) is 0 Å². The van der Waals surface area contributed by atoms with E-state index in [1.807, 2.05) is 13.8 Å². The molecule has 0 aromatic carbocycles. The predicted molar refractivity (Wildman–Crippen MR) is 81.0 cm³/mol. The molecule has 2 atom stereocenters. The molecule has 0 saturated carbocycles. The predicted octanol–water partition coefficient (Wildman–Crippen LogP) is 5.97. The zero-order valence-electron chi connectivity index (χ0n) is 14.7. The largest absolute Gasteiger partial charge is 0.389 e. The average Bonchev–Trinajstić information content (AvgIpc) is 2.48. The van der Waals surface area contributed by atoms with E-state index in [9.17, 15) is 26.3 Å². The maximum Gasteiger partial charge on any atom is 0.389 e. The first-order valence-electron chi connectivity index (χ1n) is 8.59. The Morgan fingerprint density at radius 2 is 1.04 bits per heavy atom. The normalized spacial score (nSPS) is 15.4. The molecule has 0 aromatic rings. The summed E-state index contributed by atoms with van der Waals surface area (Å²) < 4.78 is 90.2. The monoisotopic (exact) mass is 382 g/mol. The van der Waals surface area contributed by atoms with Gasteiger partial charge in [0, 0.05) is 38.9 Å². The minimum absolute atomic E-state index is 0.181. The summed E-state index contributed by atoms with van der Waals surface area (Å²) in [6, 6.07) is 0. The molecule has 3 nitrogen and oxygen atoms in total. The van der Waals surface area contributed by atoms with Crippen molar-refractivity contribution < 1.29 is 40.6 Å². The van der Waals surface area contributed by atoms with Gasteiger partial charge in [0.2, 0.25) is 0 Å². The highest BCUT2D eigenvalue weighted by molar-refractivity contribution is 4.59. The SMILES string of the molecule is CCCCOC(CCC(F)(F)F)OC(CCC(F)(F)F)OCCCC. The Bertz CT molecular complexity index is 290. The summed E-state index contributed by atoms with van der Waals surface area (Å²) in [4.78, 5) is 0. The van der Waals surface area contributed by atoms with Gasteiger partial charge in [-0.3, -0.25) is 0 Å². The first-order valence-corrected chi connectivity index (χ1v) is 8.59. The molecule has 0 N–H and O–H groups in total. The highest BCUT2D eigenvalue weighted by atomic mass is 19.4. The molecule has 0 aliphatic heterocycles. The molecule has 25 heavy (non-hydrogen) atoms. The van der Waals surface area contributed by atoms with Crippen LogP contribution < -0.4 is 0 Å². The van der Waals surface area contributed by atoms with Crippen LogP contribution in [0, 0.1) is 0 Å². The number of ether oxygens (including phenoxy) is 3. The molecule has 0 heterocycles. The van der Waals surface area contributed by atoms with Crippen molar-refractivity contribution in [3.05, 3.63) is 0 Å². The van der Waals surface area contributed by atoms with E-state index in [0.717, 1.165) is 12.8 Å². The molecule has 2 unspecified atom stereocenters. The second-order valence-electron chi connectivity index (χ2n) is 5.75. The van der Waals surface area contributed by atoms with E-state index >= 15 is 0 Å². The van der Waals surface area contributed by atoms with Gasteiger partial charge in [-0.2, -0.15) is 26.3 Å². The zero-order chi connectivity index (χ0) is 19.3. The number of hydrogen-bond donors (Lipinski definition) is 0. The van der Waals surface area contributed by atoms with Crippen molar-refractivity contribution in [2.24, 2.45) is 0 Å². The fourth-order valence-corrected chi connectivity index (χ4v) is 1.83. The summed E-state index contributed by atoms with van der Waals surface area (Å²) >= 11 is 0. The van der Waals surface area contributed by atoms with Crippen molar-refractivity contribution in [1.82, 2.24) is 0 Å². The molecule has 0 aromatic heterocycles. The van der Waals surface area contributed by atoms with E-state index in [1.165, 1.54) is 0 Å². The minimum atomic E-state index is -4.39. The summed E-state index contributed by atoms with van der Waals surface area (Å²) in [7, 11) is 0. The van der Waals surface area contributed by atoms with Crippen molar-refractivity contribution in [2.75, 3.05) is 13.2 Å². The van der Waals surface area contributed by atoms with Crippen LogP contribution in [0.5, 0.6) is 0 Å². The molecule has 0 aliphatic rings. The van der Waals surface area contributed by atoms with E-state index in [-0.39, 0.29) is 13.2 Å². The molecule has 0 amide bonds. The fraction of sp³-hybridized carbons (Fsp3) is 1.00. The van der Waals surface area contributed by atoms with Gasteiger partial charge in [0.1, 0.15) is 0 Å². The average molecular weight is 382 g/mol. The zero-order valence-corrected chi connectivity index (χ0v) is 14.7. The molecule has 0 aliphatic carbocycles. The van der Waals surface area contributed by atoms with Crippen LogP contribution in [0.25, 0.3) is 0 Å². The summed E-state index contributed by atoms with van der Waals surface area (Å²) in [6.45, 7) is 4.13. The van der Waals surface area contributed by atoms with Gasteiger partial charge in [0.15, 0.2) is 12.6 Å². The summed E-state index contributed by atoms with van der Waals surface area (Å²) in [5, 5.41) is 0. The number of hydrogen-bond acceptors (Lipinski definition) is 3.